The molecule has 0 saturated carbocycles. The molecule has 4 rings (SSSR count). The highest BCUT2D eigenvalue weighted by atomic mass is 16.5. The number of para-hydroxylation sites is 1. The van der Waals surface area contributed by atoms with E-state index in [2.05, 4.69) is 29.7 Å². The van der Waals surface area contributed by atoms with Crippen LogP contribution in [0.5, 0.6) is 11.5 Å². The van der Waals surface area contributed by atoms with Crippen molar-refractivity contribution in [3.8, 4) is 11.5 Å². The fraction of sp³-hybridized carbons (Fsp3) is 0.222. The third-order valence-corrected chi connectivity index (χ3v) is 5.49. The third kappa shape index (κ3) is 5.11. The van der Waals surface area contributed by atoms with E-state index in [9.17, 15) is 9.90 Å². The van der Waals surface area contributed by atoms with E-state index in [-0.39, 0.29) is 6.42 Å². The number of aliphatic carboxylic acids is 1. The molecule has 0 aliphatic heterocycles. The molecule has 1 atom stereocenters. The van der Waals surface area contributed by atoms with Crippen LogP contribution in [-0.2, 0) is 17.8 Å². The predicted octanol–water partition coefficient (Wildman–Crippen LogP) is 5.41. The highest BCUT2D eigenvalue weighted by Crippen LogP contribution is 2.20. The summed E-state index contributed by atoms with van der Waals surface area (Å²) in [4.78, 5) is 11.7. The Kier molecular flexibility index (Phi) is 6.45. The number of rotatable bonds is 9. The van der Waals surface area contributed by atoms with Crippen molar-refractivity contribution in [2.75, 3.05) is 6.61 Å². The molecule has 1 N–H and O–H groups in total. The maximum atomic E-state index is 11.7. The Labute approximate surface area is 187 Å². The van der Waals surface area contributed by atoms with Crippen LogP contribution in [-0.4, -0.2) is 28.4 Å². The van der Waals surface area contributed by atoms with Crippen LogP contribution in [0.1, 0.15) is 16.8 Å². The number of hydrogen-bond donors (Lipinski definition) is 1. The third-order valence-electron chi connectivity index (χ3n) is 5.49. The van der Waals surface area contributed by atoms with Crippen molar-refractivity contribution in [3.05, 3.63) is 95.7 Å². The van der Waals surface area contributed by atoms with E-state index in [1.165, 1.54) is 16.6 Å². The van der Waals surface area contributed by atoms with Gasteiger partial charge in [0.2, 0.25) is 0 Å². The Morgan fingerprint density at radius 2 is 1.72 bits per heavy atom. The molecule has 0 saturated heterocycles. The summed E-state index contributed by atoms with van der Waals surface area (Å²) in [5, 5.41) is 10.8. The lowest BCUT2D eigenvalue weighted by Gasteiger charge is -2.16. The summed E-state index contributed by atoms with van der Waals surface area (Å²) in [5.41, 5.74) is 4.32. The van der Waals surface area contributed by atoms with E-state index < -0.39 is 12.1 Å². The molecule has 0 aliphatic rings. The molecule has 3 aromatic carbocycles. The number of aromatic nitrogens is 1. The lowest BCUT2D eigenvalue weighted by molar-refractivity contribution is -0.145. The predicted molar refractivity (Wildman–Crippen MR) is 126 cm³/mol. The monoisotopic (exact) mass is 429 g/mol. The van der Waals surface area contributed by atoms with Crippen LogP contribution in [0.4, 0.5) is 0 Å². The van der Waals surface area contributed by atoms with E-state index in [0.717, 1.165) is 23.4 Å². The second kappa shape index (κ2) is 9.60. The van der Waals surface area contributed by atoms with E-state index in [4.69, 9.17) is 9.47 Å². The number of carboxylic acids is 1. The minimum absolute atomic E-state index is 0.276. The average Bonchev–Trinajstić information content (AvgIpc) is 3.09. The first kappa shape index (κ1) is 21.5. The van der Waals surface area contributed by atoms with Crippen molar-refractivity contribution in [1.29, 1.82) is 0 Å². The first-order valence-electron chi connectivity index (χ1n) is 10.7. The fourth-order valence-corrected chi connectivity index (χ4v) is 3.87. The SMILES string of the molecule is Cc1cccc(OC(Cc2ccc(OCCn3c(C)cc4ccccc43)cc2)C(=O)O)c1. The molecule has 5 heteroatoms. The van der Waals surface area contributed by atoms with Crippen LogP contribution in [0.25, 0.3) is 10.9 Å². The van der Waals surface area contributed by atoms with E-state index >= 15 is 0 Å². The fourth-order valence-electron chi connectivity index (χ4n) is 3.87. The average molecular weight is 430 g/mol. The van der Waals surface area contributed by atoms with Gasteiger partial charge in [0.15, 0.2) is 6.10 Å². The summed E-state index contributed by atoms with van der Waals surface area (Å²) < 4.78 is 13.9. The molecular formula is C27H27NO4. The van der Waals surface area contributed by atoms with Crippen molar-refractivity contribution < 1.29 is 19.4 Å². The van der Waals surface area contributed by atoms with Gasteiger partial charge >= 0.3 is 5.97 Å². The molecule has 1 unspecified atom stereocenters. The van der Waals surface area contributed by atoms with Crippen LogP contribution in [0, 0.1) is 13.8 Å². The molecule has 164 valence electrons. The molecule has 5 nitrogen and oxygen atoms in total. The number of benzene rings is 3. The maximum Gasteiger partial charge on any atom is 0.345 e. The molecule has 1 aromatic heterocycles. The van der Waals surface area contributed by atoms with E-state index in [1.54, 1.807) is 6.07 Å². The number of fused-ring (bicyclic) bond motifs is 1. The first-order valence-corrected chi connectivity index (χ1v) is 10.7. The summed E-state index contributed by atoms with van der Waals surface area (Å²) in [6, 6.07) is 25.5. The van der Waals surface area contributed by atoms with Gasteiger partial charge in [-0.1, -0.05) is 42.5 Å². The van der Waals surface area contributed by atoms with Crippen molar-refractivity contribution in [1.82, 2.24) is 4.57 Å². The highest BCUT2D eigenvalue weighted by molar-refractivity contribution is 5.81. The molecule has 1 heterocycles. The van der Waals surface area contributed by atoms with Gasteiger partial charge in [-0.05, 0) is 66.8 Å². The lowest BCUT2D eigenvalue weighted by atomic mass is 10.1. The Morgan fingerprint density at radius 3 is 2.47 bits per heavy atom. The normalized spacial score (nSPS) is 11.9. The van der Waals surface area contributed by atoms with Crippen LogP contribution >= 0.6 is 0 Å². The Morgan fingerprint density at radius 1 is 0.938 bits per heavy atom. The molecule has 0 amide bonds. The second-order valence-electron chi connectivity index (χ2n) is 7.95. The van der Waals surface area contributed by atoms with Crippen molar-refractivity contribution in [3.63, 3.8) is 0 Å². The lowest BCUT2D eigenvalue weighted by Crippen LogP contribution is -2.29. The first-order chi connectivity index (χ1) is 15.5. The largest absolute Gasteiger partial charge is 0.492 e. The molecule has 0 fully saturated rings. The quantitative estimate of drug-likeness (QED) is 0.386. The highest BCUT2D eigenvalue weighted by Gasteiger charge is 2.20. The van der Waals surface area contributed by atoms with Gasteiger partial charge in [0.25, 0.3) is 0 Å². The number of nitrogens with zero attached hydrogens (tertiary/aromatic N) is 1. The Hall–Kier alpha value is -3.73. The van der Waals surface area contributed by atoms with Gasteiger partial charge in [-0.15, -0.1) is 0 Å². The number of carboxylic acid groups (broad SMARTS) is 1. The summed E-state index contributed by atoms with van der Waals surface area (Å²) in [7, 11) is 0. The van der Waals surface area contributed by atoms with Gasteiger partial charge in [-0.2, -0.15) is 0 Å². The molecule has 0 spiro atoms. The van der Waals surface area contributed by atoms with Crippen molar-refractivity contribution in [2.45, 2.75) is 32.9 Å². The minimum atomic E-state index is -0.985. The maximum absolute atomic E-state index is 11.7. The number of hydrogen-bond acceptors (Lipinski definition) is 3. The van der Waals surface area contributed by atoms with Gasteiger partial charge in [-0.25, -0.2) is 4.79 Å². The van der Waals surface area contributed by atoms with Crippen LogP contribution in [0.2, 0.25) is 0 Å². The smallest absolute Gasteiger partial charge is 0.345 e. The molecule has 0 aliphatic carbocycles. The van der Waals surface area contributed by atoms with Gasteiger partial charge in [-0.3, -0.25) is 0 Å². The standard InChI is InChI=1S/C27H27NO4/c1-19-6-5-8-24(16-19)32-26(27(29)30)18-21-10-12-23(13-11-21)31-15-14-28-20(2)17-22-7-3-4-9-25(22)28/h3-13,16-17,26H,14-15,18H2,1-2H3,(H,29,30). The molecular weight excluding hydrogens is 402 g/mol. The second-order valence-corrected chi connectivity index (χ2v) is 7.95. The number of carbonyl (C=O) groups is 1. The van der Waals surface area contributed by atoms with Crippen molar-refractivity contribution in [2.24, 2.45) is 0 Å². The molecule has 0 radical (unpaired) electrons. The van der Waals surface area contributed by atoms with Crippen LogP contribution in [0.3, 0.4) is 0 Å². The number of aryl methyl sites for hydroxylation is 2. The summed E-state index contributed by atoms with van der Waals surface area (Å²) in [6.07, 6.45) is -0.675. The van der Waals surface area contributed by atoms with Gasteiger partial charge in [0.1, 0.15) is 18.1 Å². The van der Waals surface area contributed by atoms with Crippen molar-refractivity contribution >= 4 is 16.9 Å². The Balaban J connectivity index is 1.35. The summed E-state index contributed by atoms with van der Waals surface area (Å²) in [6.45, 7) is 5.35. The van der Waals surface area contributed by atoms with Gasteiger partial charge in [0, 0.05) is 17.6 Å². The molecule has 4 aromatic rings. The zero-order valence-electron chi connectivity index (χ0n) is 18.3. The minimum Gasteiger partial charge on any atom is -0.492 e. The topological polar surface area (TPSA) is 60.7 Å². The van der Waals surface area contributed by atoms with E-state index in [1.807, 2.05) is 61.5 Å². The zero-order chi connectivity index (χ0) is 22.5. The number of ether oxygens (including phenoxy) is 2. The van der Waals surface area contributed by atoms with Crippen LogP contribution < -0.4 is 9.47 Å². The van der Waals surface area contributed by atoms with Gasteiger partial charge < -0.3 is 19.1 Å². The summed E-state index contributed by atoms with van der Waals surface area (Å²) >= 11 is 0. The van der Waals surface area contributed by atoms with Gasteiger partial charge in [0.05, 0.1) is 6.54 Å². The summed E-state index contributed by atoms with van der Waals surface area (Å²) in [5.74, 6) is 0.334. The Bertz CT molecular complexity index is 1210. The molecule has 32 heavy (non-hydrogen) atoms. The zero-order valence-corrected chi connectivity index (χ0v) is 18.3. The van der Waals surface area contributed by atoms with Crippen LogP contribution in [0.15, 0.2) is 78.9 Å². The molecule has 0 bridgehead atoms. The van der Waals surface area contributed by atoms with E-state index in [0.29, 0.717) is 12.4 Å².